The number of aromatic nitrogens is 2. The van der Waals surface area contributed by atoms with Crippen molar-refractivity contribution in [3.05, 3.63) is 82.4 Å². The molecule has 0 aliphatic heterocycles. The Kier molecular flexibility index (Phi) is 5.53. The maximum absolute atomic E-state index is 12.6. The molecule has 0 spiro atoms. The SMILES string of the molecule is Cc1ccc(C)c(NC(=O)CSc2nccn(-c3ccccc3)c2=O)c1. The lowest BCUT2D eigenvalue weighted by Gasteiger charge is -2.09. The molecule has 1 amide bonds. The smallest absolute Gasteiger partial charge is 0.287 e. The van der Waals surface area contributed by atoms with Crippen LogP contribution in [0.3, 0.4) is 0 Å². The van der Waals surface area contributed by atoms with Gasteiger partial charge in [0, 0.05) is 23.8 Å². The average Bonchev–Trinajstić information content (AvgIpc) is 2.64. The van der Waals surface area contributed by atoms with Gasteiger partial charge >= 0.3 is 0 Å². The molecule has 0 unspecified atom stereocenters. The van der Waals surface area contributed by atoms with Gasteiger partial charge in [-0.2, -0.15) is 0 Å². The molecule has 0 radical (unpaired) electrons. The molecule has 0 atom stereocenters. The number of nitrogens with one attached hydrogen (secondary N) is 1. The van der Waals surface area contributed by atoms with Gasteiger partial charge in [-0.1, -0.05) is 42.1 Å². The maximum atomic E-state index is 12.6. The number of aryl methyl sites for hydroxylation is 2. The highest BCUT2D eigenvalue weighted by Crippen LogP contribution is 2.18. The lowest BCUT2D eigenvalue weighted by atomic mass is 10.1. The molecule has 0 saturated carbocycles. The first-order chi connectivity index (χ1) is 12.5. The zero-order valence-electron chi connectivity index (χ0n) is 14.6. The summed E-state index contributed by atoms with van der Waals surface area (Å²) in [5.74, 6) is -0.0472. The van der Waals surface area contributed by atoms with Gasteiger partial charge in [0.1, 0.15) is 0 Å². The zero-order valence-corrected chi connectivity index (χ0v) is 15.4. The number of para-hydroxylation sites is 1. The first kappa shape index (κ1) is 17.9. The summed E-state index contributed by atoms with van der Waals surface area (Å²) in [7, 11) is 0. The van der Waals surface area contributed by atoms with Gasteiger partial charge in [-0.3, -0.25) is 14.2 Å². The highest BCUT2D eigenvalue weighted by Gasteiger charge is 2.11. The van der Waals surface area contributed by atoms with E-state index in [-0.39, 0.29) is 17.2 Å². The molecule has 2 aromatic carbocycles. The molecular weight excluding hydrogens is 346 g/mol. The molecule has 1 N–H and O–H groups in total. The number of anilines is 1. The molecule has 0 fully saturated rings. The Morgan fingerprint density at radius 1 is 1.15 bits per heavy atom. The lowest BCUT2D eigenvalue weighted by Crippen LogP contribution is -2.22. The van der Waals surface area contributed by atoms with Crippen LogP contribution in [0.4, 0.5) is 5.69 Å². The van der Waals surface area contributed by atoms with Gasteiger partial charge < -0.3 is 5.32 Å². The second-order valence-electron chi connectivity index (χ2n) is 5.90. The summed E-state index contributed by atoms with van der Waals surface area (Å²) in [5.41, 5.74) is 3.40. The topological polar surface area (TPSA) is 64.0 Å². The first-order valence-corrected chi connectivity index (χ1v) is 9.16. The standard InChI is InChI=1S/C20H19N3O2S/c1-14-8-9-15(2)17(12-14)22-18(24)13-26-19-20(25)23(11-10-21-19)16-6-4-3-5-7-16/h3-12H,13H2,1-2H3,(H,22,24). The lowest BCUT2D eigenvalue weighted by molar-refractivity contribution is -0.113. The van der Waals surface area contributed by atoms with Crippen molar-refractivity contribution in [3.8, 4) is 5.69 Å². The normalized spacial score (nSPS) is 10.5. The van der Waals surface area contributed by atoms with Crippen LogP contribution in [0, 0.1) is 13.8 Å². The van der Waals surface area contributed by atoms with E-state index >= 15 is 0 Å². The number of nitrogens with zero attached hydrogens (tertiary/aromatic N) is 2. The molecule has 3 aromatic rings. The summed E-state index contributed by atoms with van der Waals surface area (Å²) in [6, 6.07) is 15.2. The minimum atomic E-state index is -0.233. The van der Waals surface area contributed by atoms with Gasteiger partial charge in [0.2, 0.25) is 5.91 Å². The fraction of sp³-hybridized carbons (Fsp3) is 0.150. The van der Waals surface area contributed by atoms with Crippen LogP contribution in [-0.4, -0.2) is 21.2 Å². The van der Waals surface area contributed by atoms with E-state index in [2.05, 4.69) is 10.3 Å². The van der Waals surface area contributed by atoms with Gasteiger partial charge in [0.15, 0.2) is 5.03 Å². The zero-order chi connectivity index (χ0) is 18.5. The Morgan fingerprint density at radius 3 is 2.69 bits per heavy atom. The third-order valence-corrected chi connectivity index (χ3v) is 4.81. The number of carbonyl (C=O) groups is 1. The number of benzene rings is 2. The van der Waals surface area contributed by atoms with Gasteiger partial charge in [-0.25, -0.2) is 4.98 Å². The predicted molar refractivity (Wildman–Crippen MR) is 105 cm³/mol. The van der Waals surface area contributed by atoms with Crippen LogP contribution in [0.5, 0.6) is 0 Å². The molecule has 6 heteroatoms. The van der Waals surface area contributed by atoms with Crippen molar-refractivity contribution >= 4 is 23.4 Å². The van der Waals surface area contributed by atoms with E-state index in [0.717, 1.165) is 34.3 Å². The van der Waals surface area contributed by atoms with E-state index in [4.69, 9.17) is 0 Å². The number of amides is 1. The van der Waals surface area contributed by atoms with Gasteiger partial charge in [0.25, 0.3) is 5.56 Å². The molecule has 0 aliphatic rings. The minimum absolute atomic E-state index is 0.119. The monoisotopic (exact) mass is 365 g/mol. The molecule has 132 valence electrons. The van der Waals surface area contributed by atoms with E-state index in [0.29, 0.717) is 5.03 Å². The average molecular weight is 365 g/mol. The van der Waals surface area contributed by atoms with Crippen molar-refractivity contribution in [3.63, 3.8) is 0 Å². The summed E-state index contributed by atoms with van der Waals surface area (Å²) < 4.78 is 1.53. The number of thioether (sulfide) groups is 1. The molecule has 3 rings (SSSR count). The van der Waals surface area contributed by atoms with Gasteiger partial charge in [-0.15, -0.1) is 0 Å². The predicted octanol–water partition coefficient (Wildman–Crippen LogP) is 3.58. The Balaban J connectivity index is 1.71. The van der Waals surface area contributed by atoms with Gasteiger partial charge in [-0.05, 0) is 43.2 Å². The van der Waals surface area contributed by atoms with Crippen LogP contribution in [0.2, 0.25) is 0 Å². The largest absolute Gasteiger partial charge is 0.325 e. The number of hydrogen-bond acceptors (Lipinski definition) is 4. The summed E-state index contributed by atoms with van der Waals surface area (Å²) in [4.78, 5) is 29.0. The second-order valence-corrected chi connectivity index (χ2v) is 6.86. The van der Waals surface area contributed by atoms with Crippen molar-refractivity contribution < 1.29 is 4.79 Å². The summed E-state index contributed by atoms with van der Waals surface area (Å²) in [6.45, 7) is 3.92. The minimum Gasteiger partial charge on any atom is -0.325 e. The summed E-state index contributed by atoms with van der Waals surface area (Å²) in [6.07, 6.45) is 3.19. The molecule has 5 nitrogen and oxygen atoms in total. The molecule has 0 saturated heterocycles. The molecule has 1 heterocycles. The molecule has 0 aliphatic carbocycles. The van der Waals surface area contributed by atoms with Crippen molar-refractivity contribution in [2.24, 2.45) is 0 Å². The summed E-state index contributed by atoms with van der Waals surface area (Å²) >= 11 is 1.14. The van der Waals surface area contributed by atoms with Crippen LogP contribution in [0.15, 0.2) is 70.7 Å². The van der Waals surface area contributed by atoms with E-state index in [1.54, 1.807) is 12.4 Å². The highest BCUT2D eigenvalue weighted by atomic mass is 32.2. The fourth-order valence-corrected chi connectivity index (χ4v) is 3.17. The molecule has 0 bridgehead atoms. The molecule has 1 aromatic heterocycles. The van der Waals surface area contributed by atoms with Crippen molar-refractivity contribution in [2.75, 3.05) is 11.1 Å². The third kappa shape index (κ3) is 4.21. The van der Waals surface area contributed by atoms with Gasteiger partial charge in [0.05, 0.1) is 5.75 Å². The quantitative estimate of drug-likeness (QED) is 0.702. The Hall–Kier alpha value is -2.86. The highest BCUT2D eigenvalue weighted by molar-refractivity contribution is 7.99. The summed E-state index contributed by atoms with van der Waals surface area (Å²) in [5, 5.41) is 3.19. The van der Waals surface area contributed by atoms with Crippen LogP contribution >= 0.6 is 11.8 Å². The van der Waals surface area contributed by atoms with Crippen molar-refractivity contribution in [1.82, 2.24) is 9.55 Å². The number of hydrogen-bond donors (Lipinski definition) is 1. The number of carbonyl (C=O) groups excluding carboxylic acids is 1. The van der Waals surface area contributed by atoms with E-state index in [1.165, 1.54) is 4.57 Å². The first-order valence-electron chi connectivity index (χ1n) is 8.17. The second kappa shape index (κ2) is 8.01. The van der Waals surface area contributed by atoms with E-state index in [1.807, 2.05) is 62.4 Å². The Bertz CT molecular complexity index is 984. The molecule has 26 heavy (non-hydrogen) atoms. The van der Waals surface area contributed by atoms with E-state index < -0.39 is 0 Å². The fourth-order valence-electron chi connectivity index (χ4n) is 2.48. The maximum Gasteiger partial charge on any atom is 0.287 e. The Morgan fingerprint density at radius 2 is 1.92 bits per heavy atom. The van der Waals surface area contributed by atoms with E-state index in [9.17, 15) is 9.59 Å². The Labute approximate surface area is 156 Å². The van der Waals surface area contributed by atoms with Crippen LogP contribution in [0.1, 0.15) is 11.1 Å². The number of rotatable bonds is 5. The van der Waals surface area contributed by atoms with Crippen molar-refractivity contribution in [1.29, 1.82) is 0 Å². The third-order valence-electron chi connectivity index (χ3n) is 3.85. The molecular formula is C20H19N3O2S. The van der Waals surface area contributed by atoms with Crippen LogP contribution in [0.25, 0.3) is 5.69 Å². The van der Waals surface area contributed by atoms with Crippen LogP contribution in [-0.2, 0) is 4.79 Å². The van der Waals surface area contributed by atoms with Crippen molar-refractivity contribution in [2.45, 2.75) is 18.9 Å². The van der Waals surface area contributed by atoms with Crippen LogP contribution < -0.4 is 10.9 Å².